The molecular formula is C9H11NO5S. The highest BCUT2D eigenvalue weighted by Crippen LogP contribution is 2.40. The summed E-state index contributed by atoms with van der Waals surface area (Å²) in [7, 11) is 1.42. The van der Waals surface area contributed by atoms with E-state index in [-0.39, 0.29) is 17.9 Å². The minimum absolute atomic E-state index is 0.297. The van der Waals surface area contributed by atoms with E-state index in [1.165, 1.54) is 23.8 Å². The maximum absolute atomic E-state index is 11.6. The predicted molar refractivity (Wildman–Crippen MR) is 55.6 cm³/mol. The smallest absolute Gasteiger partial charge is 0.330 e. The van der Waals surface area contributed by atoms with E-state index in [0.29, 0.717) is 5.57 Å². The van der Waals surface area contributed by atoms with Gasteiger partial charge in [-0.2, -0.15) is 0 Å². The molecule has 1 fully saturated rings. The summed E-state index contributed by atoms with van der Waals surface area (Å²) < 4.78 is 4.97. The highest BCUT2D eigenvalue weighted by atomic mass is 32.2. The molecule has 2 N–H and O–H groups in total. The minimum Gasteiger partial charge on any atom is -0.479 e. The van der Waals surface area contributed by atoms with Crippen molar-refractivity contribution in [3.63, 3.8) is 0 Å². The van der Waals surface area contributed by atoms with Crippen LogP contribution in [0.15, 0.2) is 11.0 Å². The Morgan fingerprint density at radius 1 is 1.69 bits per heavy atom. The number of aliphatic hydroxyl groups is 1. The second-order valence-corrected chi connectivity index (χ2v) is 4.51. The third-order valence-corrected chi connectivity index (χ3v) is 3.88. The quantitative estimate of drug-likeness (QED) is 0.636. The van der Waals surface area contributed by atoms with Crippen LogP contribution in [0, 0.1) is 0 Å². The monoisotopic (exact) mass is 245 g/mol. The number of rotatable bonds is 3. The summed E-state index contributed by atoms with van der Waals surface area (Å²) in [5.74, 6) is -1.47. The molecule has 0 aromatic rings. The first-order valence-electron chi connectivity index (χ1n) is 4.65. The number of nitrogens with zero attached hydrogens (tertiary/aromatic N) is 1. The summed E-state index contributed by atoms with van der Waals surface area (Å²) >= 11 is 1.30. The SMILES string of the molecule is CO[C@@H]1C(=O)N2C(C(=O)O)C(CO)=CSC12. The average Bonchev–Trinajstić information content (AvgIpc) is 2.27. The number of carbonyl (C=O) groups excluding carboxylic acids is 1. The lowest BCUT2D eigenvalue weighted by Crippen LogP contribution is -2.69. The zero-order valence-electron chi connectivity index (χ0n) is 8.49. The molecule has 0 aromatic carbocycles. The highest BCUT2D eigenvalue weighted by Gasteiger charge is 2.55. The second kappa shape index (κ2) is 4.08. The van der Waals surface area contributed by atoms with Crippen molar-refractivity contribution in [3.8, 4) is 0 Å². The Morgan fingerprint density at radius 2 is 2.38 bits per heavy atom. The molecule has 0 spiro atoms. The number of thioether (sulfide) groups is 1. The molecule has 7 heteroatoms. The Morgan fingerprint density at radius 3 is 2.88 bits per heavy atom. The van der Waals surface area contributed by atoms with Crippen molar-refractivity contribution in [2.45, 2.75) is 17.5 Å². The molecule has 0 bridgehead atoms. The summed E-state index contributed by atoms with van der Waals surface area (Å²) in [6.07, 6.45) is -0.580. The Labute approximate surface area is 95.9 Å². The number of carbonyl (C=O) groups is 2. The molecule has 1 amide bonds. The van der Waals surface area contributed by atoms with Crippen LogP contribution in [0.4, 0.5) is 0 Å². The molecule has 88 valence electrons. The molecule has 2 heterocycles. The van der Waals surface area contributed by atoms with Crippen LogP contribution >= 0.6 is 11.8 Å². The highest BCUT2D eigenvalue weighted by molar-refractivity contribution is 8.02. The van der Waals surface area contributed by atoms with E-state index in [2.05, 4.69) is 0 Å². The summed E-state index contributed by atoms with van der Waals surface area (Å²) in [4.78, 5) is 23.9. The van der Waals surface area contributed by atoms with Gasteiger partial charge in [-0.15, -0.1) is 11.8 Å². The van der Waals surface area contributed by atoms with Gasteiger partial charge in [-0.3, -0.25) is 4.79 Å². The van der Waals surface area contributed by atoms with Crippen LogP contribution in [0.25, 0.3) is 0 Å². The molecule has 1 saturated heterocycles. The fraction of sp³-hybridized carbons (Fsp3) is 0.556. The summed E-state index contributed by atoms with van der Waals surface area (Å²) in [6.45, 7) is -0.363. The van der Waals surface area contributed by atoms with E-state index in [9.17, 15) is 9.59 Å². The van der Waals surface area contributed by atoms with Gasteiger partial charge in [-0.05, 0) is 11.0 Å². The number of ether oxygens (including phenoxy) is 1. The van der Waals surface area contributed by atoms with Crippen LogP contribution in [0.3, 0.4) is 0 Å². The lowest BCUT2D eigenvalue weighted by atomic mass is 10.0. The molecule has 2 aliphatic rings. The van der Waals surface area contributed by atoms with Crippen LogP contribution in [-0.2, 0) is 14.3 Å². The maximum atomic E-state index is 11.6. The van der Waals surface area contributed by atoms with Gasteiger partial charge in [0.25, 0.3) is 5.91 Å². The largest absolute Gasteiger partial charge is 0.479 e. The third-order valence-electron chi connectivity index (χ3n) is 2.69. The molecule has 6 nitrogen and oxygen atoms in total. The number of β-lactam (4-membered cyclic amide) rings is 1. The number of hydrogen-bond donors (Lipinski definition) is 2. The predicted octanol–water partition coefficient (Wildman–Crippen LogP) is -0.754. The number of carboxylic acids is 1. The first-order valence-corrected chi connectivity index (χ1v) is 5.59. The first kappa shape index (κ1) is 11.4. The van der Waals surface area contributed by atoms with E-state index < -0.39 is 18.1 Å². The third kappa shape index (κ3) is 1.43. The fourth-order valence-corrected chi connectivity index (χ4v) is 3.13. The number of hydrogen-bond acceptors (Lipinski definition) is 5. The van der Waals surface area contributed by atoms with Gasteiger partial charge < -0.3 is 19.8 Å². The molecule has 2 aliphatic heterocycles. The normalized spacial score (nSPS) is 32.9. The maximum Gasteiger partial charge on any atom is 0.330 e. The number of aliphatic hydroxyl groups excluding tert-OH is 1. The van der Waals surface area contributed by atoms with Crippen molar-refractivity contribution < 1.29 is 24.5 Å². The van der Waals surface area contributed by atoms with E-state index in [0.717, 1.165) is 0 Å². The van der Waals surface area contributed by atoms with Crippen molar-refractivity contribution in [1.29, 1.82) is 0 Å². The van der Waals surface area contributed by atoms with E-state index in [1.54, 1.807) is 5.41 Å². The second-order valence-electron chi connectivity index (χ2n) is 3.52. The first-order chi connectivity index (χ1) is 7.61. The van der Waals surface area contributed by atoms with Gasteiger partial charge in [0, 0.05) is 7.11 Å². The van der Waals surface area contributed by atoms with Crippen LogP contribution in [0.2, 0.25) is 0 Å². The lowest BCUT2D eigenvalue weighted by Gasteiger charge is -2.50. The van der Waals surface area contributed by atoms with Crippen molar-refractivity contribution in [3.05, 3.63) is 11.0 Å². The van der Waals surface area contributed by atoms with Gasteiger partial charge in [-0.1, -0.05) is 0 Å². The summed E-state index contributed by atoms with van der Waals surface area (Å²) in [5.41, 5.74) is 0.330. The number of carboxylic acid groups (broad SMARTS) is 1. The minimum atomic E-state index is -1.13. The van der Waals surface area contributed by atoms with Crippen LogP contribution < -0.4 is 0 Å². The summed E-state index contributed by atoms with van der Waals surface area (Å²) in [6, 6.07) is -1.06. The van der Waals surface area contributed by atoms with E-state index in [1.807, 2.05) is 0 Å². The number of amides is 1. The zero-order valence-corrected chi connectivity index (χ0v) is 9.31. The van der Waals surface area contributed by atoms with Crippen LogP contribution in [-0.4, -0.2) is 58.2 Å². The van der Waals surface area contributed by atoms with Crippen molar-refractivity contribution in [2.75, 3.05) is 13.7 Å². The number of fused-ring (bicyclic) bond motifs is 1. The Balaban J connectivity index is 2.28. The lowest BCUT2D eigenvalue weighted by molar-refractivity contribution is -0.172. The van der Waals surface area contributed by atoms with E-state index >= 15 is 0 Å². The Kier molecular flexibility index (Phi) is 2.92. The molecule has 0 aromatic heterocycles. The average molecular weight is 245 g/mol. The van der Waals surface area contributed by atoms with Gasteiger partial charge in [0.1, 0.15) is 5.37 Å². The van der Waals surface area contributed by atoms with Gasteiger partial charge in [0.05, 0.1) is 6.61 Å². The zero-order chi connectivity index (χ0) is 11.9. The van der Waals surface area contributed by atoms with Gasteiger partial charge in [0.2, 0.25) is 0 Å². The molecule has 2 rings (SSSR count). The molecule has 16 heavy (non-hydrogen) atoms. The van der Waals surface area contributed by atoms with Crippen molar-refractivity contribution >= 4 is 23.6 Å². The number of aliphatic carboxylic acids is 1. The number of methoxy groups -OCH3 is 1. The topological polar surface area (TPSA) is 87.1 Å². The van der Waals surface area contributed by atoms with Gasteiger partial charge >= 0.3 is 5.97 Å². The molecule has 0 saturated carbocycles. The van der Waals surface area contributed by atoms with Crippen LogP contribution in [0.1, 0.15) is 0 Å². The standard InChI is InChI=1S/C9H11NO5S/c1-15-6-7(12)10-5(9(13)14)4(2-11)3-16-8(6)10/h3,5-6,8,11H,2H2,1H3,(H,13,14)/t5?,6-,8?/m1/s1. The molecule has 3 atom stereocenters. The van der Waals surface area contributed by atoms with Crippen LogP contribution in [0.5, 0.6) is 0 Å². The molecule has 0 aliphatic carbocycles. The van der Waals surface area contributed by atoms with Crippen molar-refractivity contribution in [2.24, 2.45) is 0 Å². The van der Waals surface area contributed by atoms with Crippen molar-refractivity contribution in [1.82, 2.24) is 4.90 Å². The summed E-state index contributed by atoms with van der Waals surface area (Å²) in [5, 5.41) is 19.4. The molecule has 2 unspecified atom stereocenters. The Hall–Kier alpha value is -1.05. The van der Waals surface area contributed by atoms with E-state index in [4.69, 9.17) is 14.9 Å². The molecule has 0 radical (unpaired) electrons. The Bertz CT molecular complexity index is 369. The fourth-order valence-electron chi connectivity index (χ4n) is 1.89. The molecular weight excluding hydrogens is 234 g/mol. The van der Waals surface area contributed by atoms with Gasteiger partial charge in [-0.25, -0.2) is 4.79 Å². The van der Waals surface area contributed by atoms with Gasteiger partial charge in [0.15, 0.2) is 12.1 Å².